The molecule has 2 aliphatic rings. The van der Waals surface area contributed by atoms with Crippen LogP contribution in [0.2, 0.25) is 0 Å². The van der Waals surface area contributed by atoms with Crippen LogP contribution < -0.4 is 0 Å². The van der Waals surface area contributed by atoms with Crippen molar-refractivity contribution in [3.8, 4) is 0 Å². The molecule has 2 heterocycles. The number of rotatable bonds is 6. The largest absolute Gasteiger partial charge is 0.415 e. The molecule has 2 nitrogen and oxygen atoms in total. The quantitative estimate of drug-likeness (QED) is 0.305. The molecule has 29 heavy (non-hydrogen) atoms. The fourth-order valence-electron chi connectivity index (χ4n) is 4.04. The zero-order chi connectivity index (χ0) is 22.6. The highest BCUT2D eigenvalue weighted by Gasteiger charge is 2.80. The van der Waals surface area contributed by atoms with E-state index >= 15 is 0 Å². The van der Waals surface area contributed by atoms with Gasteiger partial charge in [0.25, 0.3) is 0 Å². The van der Waals surface area contributed by atoms with E-state index in [1.54, 1.807) is 39.5 Å². The lowest BCUT2D eigenvalue weighted by atomic mass is 9.83. The zero-order valence-electron chi connectivity index (χ0n) is 17.8. The van der Waals surface area contributed by atoms with Crippen molar-refractivity contribution in [3.05, 3.63) is 21.6 Å². The number of nitrogens with zero attached hydrogens (tertiary/aromatic N) is 2. The van der Waals surface area contributed by atoms with Crippen molar-refractivity contribution >= 4 is 18.5 Å². The van der Waals surface area contributed by atoms with E-state index in [1.165, 1.54) is 4.90 Å². The second-order valence-corrected chi connectivity index (χ2v) is 12.0. The van der Waals surface area contributed by atoms with Crippen LogP contribution in [0.3, 0.4) is 0 Å². The van der Waals surface area contributed by atoms with Crippen LogP contribution in [0.1, 0.15) is 48.5 Å². The molecular weight excluding hydrogens is 433 g/mol. The summed E-state index contributed by atoms with van der Waals surface area (Å²) >= 11 is 0.816. The molecule has 0 aromatic carbocycles. The molecule has 168 valence electrons. The van der Waals surface area contributed by atoms with Gasteiger partial charge in [0.05, 0.1) is 16.7 Å². The Morgan fingerprint density at radius 1 is 0.828 bits per heavy atom. The first-order chi connectivity index (χ1) is 13.1. The van der Waals surface area contributed by atoms with Gasteiger partial charge >= 0.3 is 12.4 Å². The lowest BCUT2D eigenvalue weighted by Crippen LogP contribution is -2.59. The van der Waals surface area contributed by atoms with E-state index in [9.17, 15) is 26.3 Å². The predicted molar refractivity (Wildman–Crippen MR) is 109 cm³/mol. The van der Waals surface area contributed by atoms with Crippen LogP contribution >= 0.6 is 18.5 Å². The molecular formula is C19H29F6N2PS. The molecule has 2 unspecified atom stereocenters. The number of halogens is 6. The summed E-state index contributed by atoms with van der Waals surface area (Å²) in [6, 6.07) is 0. The van der Waals surface area contributed by atoms with Crippen LogP contribution in [0.5, 0.6) is 0 Å². The minimum atomic E-state index is -5.06. The van der Waals surface area contributed by atoms with Crippen molar-refractivity contribution in [1.82, 2.24) is 9.80 Å². The Morgan fingerprint density at radius 3 is 1.59 bits per heavy atom. The lowest BCUT2D eigenvalue weighted by molar-refractivity contribution is -0.172. The number of hydrogen-bond acceptors (Lipinski definition) is 3. The summed E-state index contributed by atoms with van der Waals surface area (Å²) < 4.78 is 87.0. The van der Waals surface area contributed by atoms with E-state index in [4.69, 9.17) is 0 Å². The monoisotopic (exact) mass is 462 g/mol. The minimum Gasteiger partial charge on any atom is -0.372 e. The number of alkyl halides is 6. The van der Waals surface area contributed by atoms with E-state index in [0.29, 0.717) is 18.5 Å². The summed E-state index contributed by atoms with van der Waals surface area (Å²) in [5, 5.41) is -2.96. The predicted octanol–water partition coefficient (Wildman–Crippen LogP) is 7.16. The standard InChI is InChI=1S/C19H29F6N2PS/c1-8-26(9-2)13-15(27(10-3)11-4)28-17(13,19(23,24)25)12(18(20,21)22)14(29-28)16(5,6)7/h8-11H2,1-7H3. The maximum absolute atomic E-state index is 14.7. The molecule has 0 aromatic rings. The van der Waals surface area contributed by atoms with Crippen LogP contribution in [0.4, 0.5) is 26.3 Å². The van der Waals surface area contributed by atoms with Crippen LogP contribution in [0.25, 0.3) is 0 Å². The Balaban J connectivity index is 2.96. The van der Waals surface area contributed by atoms with Crippen molar-refractivity contribution in [1.29, 1.82) is 0 Å². The lowest BCUT2D eigenvalue weighted by Gasteiger charge is -2.55. The topological polar surface area (TPSA) is 6.48 Å². The molecule has 0 saturated carbocycles. The maximum Gasteiger partial charge on any atom is 0.415 e. The van der Waals surface area contributed by atoms with Gasteiger partial charge in [-0.25, -0.2) is 0 Å². The Hall–Kier alpha value is -0.560. The summed E-state index contributed by atoms with van der Waals surface area (Å²) in [5.41, 5.74) is -2.16. The third kappa shape index (κ3) is 3.58. The summed E-state index contributed by atoms with van der Waals surface area (Å²) in [7, 11) is -2.16. The average molecular weight is 462 g/mol. The Morgan fingerprint density at radius 2 is 1.28 bits per heavy atom. The summed E-state index contributed by atoms with van der Waals surface area (Å²) in [5.74, 6) is 0. The molecule has 0 aliphatic carbocycles. The molecule has 0 bridgehead atoms. The SMILES string of the molecule is CCN(CC)C1=C(N(CC)CC)C2(C(F)(F)F)C(C(F)(F)F)=C(C(C)(C)C)SP12. The van der Waals surface area contributed by atoms with Gasteiger partial charge in [0, 0.05) is 38.2 Å². The molecule has 0 N–H and O–H groups in total. The zero-order valence-corrected chi connectivity index (χ0v) is 19.6. The van der Waals surface area contributed by atoms with E-state index in [0.717, 1.165) is 11.4 Å². The first-order valence-corrected chi connectivity index (χ1v) is 12.5. The minimum absolute atomic E-state index is 0.180. The Labute approximate surface area is 174 Å². The van der Waals surface area contributed by atoms with Gasteiger partial charge in [0.1, 0.15) is 0 Å². The van der Waals surface area contributed by atoms with E-state index in [-0.39, 0.29) is 23.7 Å². The van der Waals surface area contributed by atoms with Gasteiger partial charge < -0.3 is 9.80 Å². The average Bonchev–Trinajstić information content (AvgIpc) is 2.88. The molecule has 0 spiro atoms. The van der Waals surface area contributed by atoms with E-state index in [2.05, 4.69) is 0 Å². The molecule has 0 saturated heterocycles. The molecule has 2 aliphatic heterocycles. The van der Waals surface area contributed by atoms with Crippen LogP contribution in [-0.4, -0.2) is 53.5 Å². The second kappa shape index (κ2) is 7.85. The Kier molecular flexibility index (Phi) is 6.69. The van der Waals surface area contributed by atoms with Crippen molar-refractivity contribution in [2.75, 3.05) is 26.2 Å². The summed E-state index contributed by atoms with van der Waals surface area (Å²) in [6.07, 6.45) is -10.1. The number of allylic oxidation sites excluding steroid dienone is 2. The van der Waals surface area contributed by atoms with Crippen LogP contribution in [-0.2, 0) is 0 Å². The van der Waals surface area contributed by atoms with Crippen molar-refractivity contribution in [2.24, 2.45) is 5.41 Å². The normalized spacial score (nSPS) is 25.3. The van der Waals surface area contributed by atoms with Gasteiger partial charge in [-0.2, -0.15) is 26.3 Å². The van der Waals surface area contributed by atoms with Gasteiger partial charge in [-0.1, -0.05) is 32.2 Å². The van der Waals surface area contributed by atoms with Crippen LogP contribution in [0.15, 0.2) is 21.6 Å². The van der Waals surface area contributed by atoms with Crippen molar-refractivity contribution in [2.45, 2.75) is 66.0 Å². The highest BCUT2D eigenvalue weighted by molar-refractivity contribution is 8.60. The first-order valence-electron chi connectivity index (χ1n) is 9.76. The third-order valence-corrected chi connectivity index (χ3v) is 11.1. The van der Waals surface area contributed by atoms with Gasteiger partial charge in [-0.05, 0) is 33.1 Å². The van der Waals surface area contributed by atoms with Gasteiger partial charge in [0.15, 0.2) is 5.16 Å². The number of fused-ring (bicyclic) bond motifs is 1. The summed E-state index contributed by atoms with van der Waals surface area (Å²) in [6.45, 7) is 13.0. The fourth-order valence-corrected chi connectivity index (χ4v) is 11.2. The van der Waals surface area contributed by atoms with E-state index in [1.807, 2.05) is 13.8 Å². The van der Waals surface area contributed by atoms with Crippen molar-refractivity contribution < 1.29 is 26.3 Å². The highest BCUT2D eigenvalue weighted by atomic mass is 32.7. The van der Waals surface area contributed by atoms with Gasteiger partial charge in [-0.15, -0.1) is 0 Å². The van der Waals surface area contributed by atoms with Gasteiger partial charge in [-0.3, -0.25) is 0 Å². The summed E-state index contributed by atoms with van der Waals surface area (Å²) in [4.78, 5) is 3.09. The smallest absolute Gasteiger partial charge is 0.372 e. The molecule has 2 rings (SSSR count). The number of hydrogen-bond donors (Lipinski definition) is 0. The van der Waals surface area contributed by atoms with Crippen molar-refractivity contribution in [3.63, 3.8) is 0 Å². The highest BCUT2D eigenvalue weighted by Crippen LogP contribution is 2.90. The molecule has 0 radical (unpaired) electrons. The van der Waals surface area contributed by atoms with Crippen LogP contribution in [0, 0.1) is 5.41 Å². The molecule has 0 aromatic heterocycles. The van der Waals surface area contributed by atoms with E-state index < -0.39 is 35.6 Å². The molecule has 2 atom stereocenters. The maximum atomic E-state index is 14.7. The second-order valence-electron chi connectivity index (χ2n) is 8.06. The molecule has 0 amide bonds. The fraction of sp³-hybridized carbons (Fsp3) is 0.789. The Bertz CT molecular complexity index is 699. The molecule has 10 heteroatoms. The third-order valence-electron chi connectivity index (χ3n) is 5.34. The first kappa shape index (κ1) is 24.7. The van der Waals surface area contributed by atoms with Gasteiger partial charge in [0.2, 0.25) is 0 Å². The molecule has 0 fully saturated rings.